The third kappa shape index (κ3) is 3.72. The van der Waals surface area contributed by atoms with Crippen molar-refractivity contribution in [2.45, 2.75) is 4.90 Å². The van der Waals surface area contributed by atoms with Crippen LogP contribution >= 0.6 is 0 Å². The van der Waals surface area contributed by atoms with E-state index in [9.17, 15) is 12.8 Å². The molecule has 0 aliphatic rings. The van der Waals surface area contributed by atoms with Gasteiger partial charge in [-0.05, 0) is 71.8 Å². The van der Waals surface area contributed by atoms with Gasteiger partial charge in [0.15, 0.2) is 0 Å². The minimum atomic E-state index is -3.77. The van der Waals surface area contributed by atoms with Crippen LogP contribution in [0, 0.1) is 5.82 Å². The maximum Gasteiger partial charge on any atom is 0.263 e. The molecule has 0 radical (unpaired) electrons. The first-order valence-corrected chi connectivity index (χ1v) is 11.3. The summed E-state index contributed by atoms with van der Waals surface area (Å²) in [5.74, 6) is -0.138. The summed E-state index contributed by atoms with van der Waals surface area (Å²) in [6.45, 7) is 0. The number of nitrogens with one attached hydrogen (secondary N) is 2. The van der Waals surface area contributed by atoms with Crippen LogP contribution in [0.3, 0.4) is 0 Å². The molecule has 5 aromatic rings. The van der Waals surface area contributed by atoms with E-state index in [4.69, 9.17) is 0 Å². The van der Waals surface area contributed by atoms with Crippen molar-refractivity contribution >= 4 is 26.9 Å². The van der Waals surface area contributed by atoms with Crippen molar-refractivity contribution in [2.24, 2.45) is 0 Å². The normalized spacial score (nSPS) is 11.5. The fourth-order valence-corrected chi connectivity index (χ4v) is 4.60. The zero-order chi connectivity index (χ0) is 22.1. The number of benzene rings is 2. The first kappa shape index (κ1) is 19.9. The molecule has 0 saturated heterocycles. The summed E-state index contributed by atoms with van der Waals surface area (Å²) in [6.07, 6.45) is 3.39. The van der Waals surface area contributed by atoms with Gasteiger partial charge >= 0.3 is 0 Å². The van der Waals surface area contributed by atoms with Gasteiger partial charge in [-0.1, -0.05) is 18.2 Å². The SMILES string of the molecule is O=S(=O)(Nc1ccc2c(-c3ccncc3)c(-c3ccc(F)cc3)[nH]c2n1)c1ccccc1. The highest BCUT2D eigenvalue weighted by molar-refractivity contribution is 7.92. The van der Waals surface area contributed by atoms with Crippen LogP contribution in [0.5, 0.6) is 0 Å². The van der Waals surface area contributed by atoms with Gasteiger partial charge in [-0.15, -0.1) is 0 Å². The van der Waals surface area contributed by atoms with E-state index in [0.29, 0.717) is 5.65 Å². The van der Waals surface area contributed by atoms with Gasteiger partial charge in [0.1, 0.15) is 17.3 Å². The number of hydrogen-bond donors (Lipinski definition) is 2. The van der Waals surface area contributed by atoms with Crippen molar-refractivity contribution in [3.8, 4) is 22.4 Å². The quantitative estimate of drug-likeness (QED) is 0.388. The number of pyridine rings is 2. The highest BCUT2D eigenvalue weighted by Gasteiger charge is 2.19. The van der Waals surface area contributed by atoms with E-state index in [1.807, 2.05) is 18.2 Å². The summed E-state index contributed by atoms with van der Waals surface area (Å²) >= 11 is 0. The predicted octanol–water partition coefficient (Wildman–Crippen LogP) is 5.23. The van der Waals surface area contributed by atoms with Crippen LogP contribution in [0.4, 0.5) is 10.2 Å². The summed E-state index contributed by atoms with van der Waals surface area (Å²) in [5, 5.41) is 0.804. The summed E-state index contributed by atoms with van der Waals surface area (Å²) in [4.78, 5) is 12.0. The molecular weight excluding hydrogens is 427 g/mol. The number of H-pyrrole nitrogens is 1. The van der Waals surface area contributed by atoms with E-state index in [-0.39, 0.29) is 16.5 Å². The van der Waals surface area contributed by atoms with Crippen molar-refractivity contribution in [3.05, 3.63) is 97.1 Å². The lowest BCUT2D eigenvalue weighted by Gasteiger charge is -2.07. The third-order valence-electron chi connectivity index (χ3n) is 5.05. The second-order valence-electron chi connectivity index (χ2n) is 7.13. The molecule has 0 saturated carbocycles. The van der Waals surface area contributed by atoms with Crippen LogP contribution in [0.2, 0.25) is 0 Å². The van der Waals surface area contributed by atoms with Gasteiger partial charge in [-0.3, -0.25) is 9.71 Å². The van der Waals surface area contributed by atoms with Crippen LogP contribution in [0.15, 0.2) is 96.2 Å². The van der Waals surface area contributed by atoms with Gasteiger partial charge < -0.3 is 4.98 Å². The van der Waals surface area contributed by atoms with Crippen molar-refractivity contribution in [2.75, 3.05) is 4.72 Å². The first-order valence-electron chi connectivity index (χ1n) is 9.78. The number of aromatic amines is 1. The largest absolute Gasteiger partial charge is 0.339 e. The number of sulfonamides is 1. The molecule has 3 heterocycles. The summed E-state index contributed by atoms with van der Waals surface area (Å²) in [5.41, 5.74) is 3.82. The molecule has 0 aliphatic carbocycles. The molecule has 2 aromatic carbocycles. The van der Waals surface area contributed by atoms with Crippen molar-refractivity contribution in [3.63, 3.8) is 0 Å². The van der Waals surface area contributed by atoms with Crippen LogP contribution in [0.1, 0.15) is 0 Å². The topological polar surface area (TPSA) is 87.7 Å². The Labute approximate surface area is 183 Å². The van der Waals surface area contributed by atoms with Crippen LogP contribution in [0.25, 0.3) is 33.4 Å². The fourth-order valence-electron chi connectivity index (χ4n) is 3.58. The molecule has 0 amide bonds. The predicted molar refractivity (Wildman–Crippen MR) is 122 cm³/mol. The van der Waals surface area contributed by atoms with Crippen LogP contribution in [-0.2, 0) is 10.0 Å². The van der Waals surface area contributed by atoms with E-state index >= 15 is 0 Å². The van der Waals surface area contributed by atoms with Gasteiger partial charge in [-0.25, -0.2) is 17.8 Å². The molecule has 32 heavy (non-hydrogen) atoms. The molecule has 0 aliphatic heterocycles. The minimum Gasteiger partial charge on any atom is -0.339 e. The Kier molecular flexibility index (Phi) is 4.91. The van der Waals surface area contributed by atoms with E-state index in [1.54, 1.807) is 48.8 Å². The molecule has 2 N–H and O–H groups in total. The van der Waals surface area contributed by atoms with E-state index < -0.39 is 10.0 Å². The van der Waals surface area contributed by atoms with Gasteiger partial charge in [0.05, 0.1) is 10.6 Å². The molecule has 0 atom stereocenters. The smallest absolute Gasteiger partial charge is 0.263 e. The average Bonchev–Trinajstić information content (AvgIpc) is 3.19. The first-order chi connectivity index (χ1) is 15.5. The molecule has 5 rings (SSSR count). The lowest BCUT2D eigenvalue weighted by molar-refractivity contribution is 0.601. The zero-order valence-corrected chi connectivity index (χ0v) is 17.5. The van der Waals surface area contributed by atoms with Gasteiger partial charge in [-0.2, -0.15) is 0 Å². The Morgan fingerprint density at radius 3 is 2.25 bits per heavy atom. The summed E-state index contributed by atoms with van der Waals surface area (Å²) in [7, 11) is -3.77. The number of hydrogen-bond acceptors (Lipinski definition) is 4. The monoisotopic (exact) mass is 444 g/mol. The van der Waals surface area contributed by atoms with Gasteiger partial charge in [0, 0.05) is 23.3 Å². The summed E-state index contributed by atoms with van der Waals surface area (Å²) < 4.78 is 41.4. The van der Waals surface area contributed by atoms with Gasteiger partial charge in [0.2, 0.25) is 0 Å². The molecule has 0 spiro atoms. The maximum atomic E-state index is 13.5. The minimum absolute atomic E-state index is 0.151. The van der Waals surface area contributed by atoms with E-state index in [0.717, 1.165) is 27.8 Å². The Hall–Kier alpha value is -4.04. The molecule has 158 valence electrons. The number of aromatic nitrogens is 3. The maximum absolute atomic E-state index is 13.5. The van der Waals surface area contributed by atoms with E-state index in [1.165, 1.54) is 24.3 Å². The molecule has 3 aromatic heterocycles. The Morgan fingerprint density at radius 1 is 0.812 bits per heavy atom. The molecule has 0 bridgehead atoms. The van der Waals surface area contributed by atoms with Crippen molar-refractivity contribution in [1.82, 2.24) is 15.0 Å². The molecule has 6 nitrogen and oxygen atoms in total. The highest BCUT2D eigenvalue weighted by atomic mass is 32.2. The fraction of sp³-hybridized carbons (Fsp3) is 0. The molecular formula is C24H17FN4O2S. The second kappa shape index (κ2) is 7.90. The highest BCUT2D eigenvalue weighted by Crippen LogP contribution is 2.38. The zero-order valence-electron chi connectivity index (χ0n) is 16.7. The second-order valence-corrected chi connectivity index (χ2v) is 8.81. The van der Waals surface area contributed by atoms with Crippen LogP contribution in [-0.4, -0.2) is 23.4 Å². The number of fused-ring (bicyclic) bond motifs is 1. The lowest BCUT2D eigenvalue weighted by Crippen LogP contribution is -2.13. The van der Waals surface area contributed by atoms with Gasteiger partial charge in [0.25, 0.3) is 10.0 Å². The molecule has 8 heteroatoms. The number of rotatable bonds is 5. The lowest BCUT2D eigenvalue weighted by atomic mass is 10.00. The third-order valence-corrected chi connectivity index (χ3v) is 6.42. The molecule has 0 fully saturated rings. The standard InChI is InChI=1S/C24H17FN4O2S/c25-18-8-6-17(7-9-18)23-22(16-12-14-26-15-13-16)20-10-11-21(27-24(20)28-23)29-32(30,31)19-4-2-1-3-5-19/h1-15H,(H2,27,28,29). The van der Waals surface area contributed by atoms with Crippen LogP contribution < -0.4 is 4.72 Å². The van der Waals surface area contributed by atoms with Crippen molar-refractivity contribution in [1.29, 1.82) is 0 Å². The Morgan fingerprint density at radius 2 is 1.53 bits per heavy atom. The number of halogens is 1. The Bertz CT molecular complexity index is 1500. The van der Waals surface area contributed by atoms with Crippen molar-refractivity contribution < 1.29 is 12.8 Å². The number of anilines is 1. The van der Waals surface area contributed by atoms with E-state index in [2.05, 4.69) is 19.7 Å². The summed E-state index contributed by atoms with van der Waals surface area (Å²) in [6, 6.07) is 21.4. The molecule has 0 unspecified atom stereocenters. The Balaban J connectivity index is 1.63. The average molecular weight is 444 g/mol. The number of nitrogens with zero attached hydrogens (tertiary/aromatic N) is 2.